The van der Waals surface area contributed by atoms with Crippen LogP contribution in [0.2, 0.25) is 0 Å². The minimum Gasteiger partial charge on any atom is -0.481 e. The molecule has 0 aromatic carbocycles. The van der Waals surface area contributed by atoms with Crippen molar-refractivity contribution in [2.24, 2.45) is 16.6 Å². The number of carbonyl (C=O) groups excluding carboxylic acids is 1. The van der Waals surface area contributed by atoms with Gasteiger partial charge in [-0.05, 0) is 18.3 Å². The first kappa shape index (κ1) is 16.0. The Morgan fingerprint density at radius 1 is 1.42 bits per heavy atom. The van der Waals surface area contributed by atoms with Crippen molar-refractivity contribution in [1.82, 2.24) is 4.90 Å². The highest BCUT2D eigenvalue weighted by molar-refractivity contribution is 5.84. The van der Waals surface area contributed by atoms with Gasteiger partial charge in [0.1, 0.15) is 0 Å². The lowest BCUT2D eigenvalue weighted by molar-refractivity contribution is -0.149. The zero-order chi connectivity index (χ0) is 14.8. The number of nitrogens with two attached hydrogens (primary N) is 1. The third-order valence-corrected chi connectivity index (χ3v) is 4.05. The van der Waals surface area contributed by atoms with Crippen molar-refractivity contribution in [2.75, 3.05) is 13.1 Å². The van der Waals surface area contributed by atoms with E-state index in [2.05, 4.69) is 0 Å². The number of amides is 1. The summed E-state index contributed by atoms with van der Waals surface area (Å²) >= 11 is 0. The highest BCUT2D eigenvalue weighted by Gasteiger charge is 2.46. The zero-order valence-corrected chi connectivity index (χ0v) is 12.4. The van der Waals surface area contributed by atoms with Crippen LogP contribution < -0.4 is 5.73 Å². The quantitative estimate of drug-likeness (QED) is 0.810. The Balaban J connectivity index is 2.80. The smallest absolute Gasteiger partial charge is 0.311 e. The molecule has 0 aromatic heterocycles. The summed E-state index contributed by atoms with van der Waals surface area (Å²) in [5, 5.41) is 9.42. The van der Waals surface area contributed by atoms with Gasteiger partial charge in [0.25, 0.3) is 0 Å². The molecule has 0 aliphatic carbocycles. The minimum absolute atomic E-state index is 0.133. The molecule has 0 radical (unpaired) electrons. The van der Waals surface area contributed by atoms with Crippen molar-refractivity contribution in [1.29, 1.82) is 0 Å². The lowest BCUT2D eigenvalue weighted by atomic mass is 9.82. The number of hydrogen-bond acceptors (Lipinski definition) is 3. The van der Waals surface area contributed by atoms with Gasteiger partial charge in [0.2, 0.25) is 5.91 Å². The molecule has 3 N–H and O–H groups in total. The fourth-order valence-electron chi connectivity index (χ4n) is 2.59. The Bertz CT molecular complexity index is 362. The van der Waals surface area contributed by atoms with E-state index in [0.29, 0.717) is 25.9 Å². The summed E-state index contributed by atoms with van der Waals surface area (Å²) in [6.45, 7) is 8.51. The summed E-state index contributed by atoms with van der Waals surface area (Å²) in [7, 11) is 0. The molecular weight excluding hydrogens is 244 g/mol. The van der Waals surface area contributed by atoms with Crippen LogP contribution in [0, 0.1) is 10.8 Å². The van der Waals surface area contributed by atoms with Crippen LogP contribution in [-0.2, 0) is 9.59 Å². The lowest BCUT2D eigenvalue weighted by Gasteiger charge is -2.31. The van der Waals surface area contributed by atoms with Gasteiger partial charge in [-0.3, -0.25) is 9.59 Å². The number of carboxylic acids is 1. The molecule has 1 aliphatic heterocycles. The van der Waals surface area contributed by atoms with Gasteiger partial charge in [-0.2, -0.15) is 0 Å². The number of rotatable bonds is 4. The van der Waals surface area contributed by atoms with Gasteiger partial charge in [-0.1, -0.05) is 34.1 Å². The van der Waals surface area contributed by atoms with Gasteiger partial charge in [0, 0.05) is 13.1 Å². The molecule has 1 amide bonds. The third kappa shape index (κ3) is 3.26. The molecule has 5 heteroatoms. The molecule has 5 nitrogen and oxygen atoms in total. The summed E-state index contributed by atoms with van der Waals surface area (Å²) in [6.07, 6.45) is 1.94. The van der Waals surface area contributed by atoms with E-state index in [1.54, 1.807) is 4.90 Å². The van der Waals surface area contributed by atoms with E-state index in [9.17, 15) is 14.7 Å². The Labute approximate surface area is 115 Å². The van der Waals surface area contributed by atoms with Crippen LogP contribution in [0.15, 0.2) is 0 Å². The molecule has 1 rings (SSSR count). The summed E-state index contributed by atoms with van der Waals surface area (Å²) in [5.41, 5.74) is 4.89. The highest BCUT2D eigenvalue weighted by Crippen LogP contribution is 2.36. The highest BCUT2D eigenvalue weighted by atomic mass is 16.4. The van der Waals surface area contributed by atoms with Gasteiger partial charge >= 0.3 is 5.97 Å². The molecule has 19 heavy (non-hydrogen) atoms. The molecule has 1 fully saturated rings. The molecule has 0 saturated carbocycles. The van der Waals surface area contributed by atoms with Crippen molar-refractivity contribution in [3.63, 3.8) is 0 Å². The second kappa shape index (κ2) is 5.49. The van der Waals surface area contributed by atoms with E-state index >= 15 is 0 Å². The summed E-state index contributed by atoms with van der Waals surface area (Å²) in [4.78, 5) is 25.4. The Morgan fingerprint density at radius 3 is 2.42 bits per heavy atom. The molecule has 0 aromatic rings. The second-order valence-corrected chi connectivity index (χ2v) is 6.69. The first-order chi connectivity index (χ1) is 8.64. The van der Waals surface area contributed by atoms with E-state index in [1.165, 1.54) is 0 Å². The minimum atomic E-state index is -0.797. The second-order valence-electron chi connectivity index (χ2n) is 6.69. The number of likely N-dealkylation sites (tertiary alicyclic amines) is 1. The van der Waals surface area contributed by atoms with Crippen LogP contribution >= 0.6 is 0 Å². The molecule has 0 spiro atoms. The maximum Gasteiger partial charge on any atom is 0.311 e. The van der Waals surface area contributed by atoms with E-state index < -0.39 is 17.4 Å². The number of nitrogens with zero attached hydrogens (tertiary/aromatic N) is 1. The summed E-state index contributed by atoms with van der Waals surface area (Å²) in [6, 6.07) is -0.585. The molecule has 2 atom stereocenters. The first-order valence-corrected chi connectivity index (χ1v) is 6.92. The zero-order valence-electron chi connectivity index (χ0n) is 12.4. The average molecular weight is 270 g/mol. The molecule has 1 heterocycles. The molecule has 1 saturated heterocycles. The Hall–Kier alpha value is -1.10. The van der Waals surface area contributed by atoms with Gasteiger partial charge in [-0.15, -0.1) is 0 Å². The SMILES string of the molecule is CCCC1(C(=O)O)CCN(C(=O)[C@@H](N)C(C)(C)C)C1. The van der Waals surface area contributed by atoms with E-state index in [-0.39, 0.29) is 11.3 Å². The maximum absolute atomic E-state index is 12.3. The van der Waals surface area contributed by atoms with Crippen molar-refractivity contribution >= 4 is 11.9 Å². The lowest BCUT2D eigenvalue weighted by Crippen LogP contribution is -2.50. The first-order valence-electron chi connectivity index (χ1n) is 6.92. The van der Waals surface area contributed by atoms with Gasteiger partial charge in [0.15, 0.2) is 0 Å². The van der Waals surface area contributed by atoms with Crippen LogP contribution in [0.3, 0.4) is 0 Å². The predicted octanol–water partition coefficient (Wildman–Crippen LogP) is 1.46. The maximum atomic E-state index is 12.3. The standard InChI is InChI=1S/C14H26N2O3/c1-5-6-14(12(18)19)7-8-16(9-14)11(17)10(15)13(2,3)4/h10H,5-9,15H2,1-4H3,(H,18,19)/t10-,14?/m1/s1. The summed E-state index contributed by atoms with van der Waals surface area (Å²) in [5.74, 6) is -0.930. The molecule has 110 valence electrons. The van der Waals surface area contributed by atoms with Gasteiger partial charge < -0.3 is 15.7 Å². The van der Waals surface area contributed by atoms with Crippen molar-refractivity contribution in [3.05, 3.63) is 0 Å². The van der Waals surface area contributed by atoms with E-state index in [1.807, 2.05) is 27.7 Å². The van der Waals surface area contributed by atoms with Crippen LogP contribution in [0.4, 0.5) is 0 Å². The number of carbonyl (C=O) groups is 2. The van der Waals surface area contributed by atoms with E-state index in [4.69, 9.17) is 5.73 Å². The molecule has 1 unspecified atom stereocenters. The van der Waals surface area contributed by atoms with Crippen LogP contribution in [-0.4, -0.2) is 41.0 Å². The summed E-state index contributed by atoms with van der Waals surface area (Å²) < 4.78 is 0. The predicted molar refractivity (Wildman–Crippen MR) is 73.6 cm³/mol. The van der Waals surface area contributed by atoms with Crippen molar-refractivity contribution in [3.8, 4) is 0 Å². The van der Waals surface area contributed by atoms with Crippen LogP contribution in [0.1, 0.15) is 47.0 Å². The topological polar surface area (TPSA) is 83.6 Å². The van der Waals surface area contributed by atoms with Crippen LogP contribution in [0.25, 0.3) is 0 Å². The van der Waals surface area contributed by atoms with E-state index in [0.717, 1.165) is 6.42 Å². The van der Waals surface area contributed by atoms with Crippen molar-refractivity contribution in [2.45, 2.75) is 53.0 Å². The van der Waals surface area contributed by atoms with Crippen LogP contribution in [0.5, 0.6) is 0 Å². The molecular formula is C14H26N2O3. The number of carboxylic acid groups (broad SMARTS) is 1. The number of hydrogen-bond donors (Lipinski definition) is 2. The number of aliphatic carboxylic acids is 1. The van der Waals surface area contributed by atoms with Gasteiger partial charge in [-0.25, -0.2) is 0 Å². The monoisotopic (exact) mass is 270 g/mol. The average Bonchev–Trinajstić information content (AvgIpc) is 2.72. The van der Waals surface area contributed by atoms with Gasteiger partial charge in [0.05, 0.1) is 11.5 Å². The molecule has 1 aliphatic rings. The fraction of sp³-hybridized carbons (Fsp3) is 0.857. The molecule has 0 bridgehead atoms. The Kier molecular flexibility index (Phi) is 4.61. The normalized spacial score (nSPS) is 25.4. The third-order valence-electron chi connectivity index (χ3n) is 4.05. The van der Waals surface area contributed by atoms with Crippen molar-refractivity contribution < 1.29 is 14.7 Å². The largest absolute Gasteiger partial charge is 0.481 e. The Morgan fingerprint density at radius 2 is 2.00 bits per heavy atom. The fourth-order valence-corrected chi connectivity index (χ4v) is 2.59.